The van der Waals surface area contributed by atoms with Crippen LogP contribution in [0.1, 0.15) is 26.3 Å². The van der Waals surface area contributed by atoms with Gasteiger partial charge in [-0.3, -0.25) is 0 Å². The van der Waals surface area contributed by atoms with E-state index in [0.29, 0.717) is 0 Å². The highest BCUT2D eigenvalue weighted by Gasteiger charge is 2.13. The number of hydrogen-bond donors (Lipinski definition) is 1. The first-order chi connectivity index (χ1) is 7.47. The minimum Gasteiger partial charge on any atom is -0.365 e. The third-order valence-electron chi connectivity index (χ3n) is 2.36. The first kappa shape index (κ1) is 10.9. The average molecular weight is 215 g/mol. The molecule has 0 radical (unpaired) electrons. The van der Waals surface area contributed by atoms with Crippen LogP contribution in [0, 0.1) is 6.92 Å². The smallest absolute Gasteiger partial charge is 0.137 e. The Labute approximate surface area is 95.9 Å². The Balaban J connectivity index is 2.61. The second kappa shape index (κ2) is 3.74. The van der Waals surface area contributed by atoms with Crippen molar-refractivity contribution in [1.82, 2.24) is 9.97 Å². The number of aryl methyl sites for hydroxylation is 1. The zero-order chi connectivity index (χ0) is 11.8. The number of aromatic nitrogens is 2. The van der Waals surface area contributed by atoms with Crippen molar-refractivity contribution >= 4 is 16.7 Å². The molecule has 84 valence electrons. The number of fused-ring (bicyclic) bond motifs is 1. The molecular formula is C13H17N3. The van der Waals surface area contributed by atoms with Crippen LogP contribution in [0.2, 0.25) is 0 Å². The molecule has 2 aromatic rings. The lowest BCUT2D eigenvalue weighted by Crippen LogP contribution is -2.26. The fourth-order valence-electron chi connectivity index (χ4n) is 1.73. The van der Waals surface area contributed by atoms with E-state index < -0.39 is 0 Å². The molecule has 1 aromatic heterocycles. The summed E-state index contributed by atoms with van der Waals surface area (Å²) in [5.74, 6) is 0.913. The van der Waals surface area contributed by atoms with Gasteiger partial charge in [0.05, 0.1) is 5.52 Å². The molecule has 0 aliphatic rings. The van der Waals surface area contributed by atoms with Gasteiger partial charge in [-0.15, -0.1) is 0 Å². The summed E-state index contributed by atoms with van der Waals surface area (Å²) < 4.78 is 0. The fraction of sp³-hybridized carbons (Fsp3) is 0.385. The molecular weight excluding hydrogens is 198 g/mol. The lowest BCUT2D eigenvalue weighted by atomic mass is 10.1. The Kier molecular flexibility index (Phi) is 2.54. The van der Waals surface area contributed by atoms with Crippen LogP contribution in [0.15, 0.2) is 24.5 Å². The Hall–Kier alpha value is -1.64. The van der Waals surface area contributed by atoms with Crippen molar-refractivity contribution in [2.75, 3.05) is 5.32 Å². The number of nitrogens with one attached hydrogen (secondary N) is 1. The summed E-state index contributed by atoms with van der Waals surface area (Å²) in [6.45, 7) is 8.46. The summed E-state index contributed by atoms with van der Waals surface area (Å²) >= 11 is 0. The maximum absolute atomic E-state index is 4.33. The fourth-order valence-corrected chi connectivity index (χ4v) is 1.73. The van der Waals surface area contributed by atoms with E-state index in [1.165, 1.54) is 5.56 Å². The average Bonchev–Trinajstić information content (AvgIpc) is 2.15. The molecule has 0 fully saturated rings. The minimum absolute atomic E-state index is 0.00354. The van der Waals surface area contributed by atoms with Crippen molar-refractivity contribution < 1.29 is 0 Å². The van der Waals surface area contributed by atoms with Gasteiger partial charge in [0.25, 0.3) is 0 Å². The first-order valence-corrected chi connectivity index (χ1v) is 5.46. The van der Waals surface area contributed by atoms with Gasteiger partial charge in [0.15, 0.2) is 0 Å². The van der Waals surface area contributed by atoms with E-state index in [4.69, 9.17) is 0 Å². The van der Waals surface area contributed by atoms with Gasteiger partial charge >= 0.3 is 0 Å². The highest BCUT2D eigenvalue weighted by molar-refractivity contribution is 5.91. The van der Waals surface area contributed by atoms with Gasteiger partial charge in [0.1, 0.15) is 12.1 Å². The standard InChI is InChI=1S/C13H17N3/c1-9-6-5-7-10-11(9)12(15-8-14-10)16-13(2,3)4/h5-8H,1-4H3,(H,14,15,16). The third-order valence-corrected chi connectivity index (χ3v) is 2.36. The summed E-state index contributed by atoms with van der Waals surface area (Å²) in [5, 5.41) is 4.52. The van der Waals surface area contributed by atoms with Gasteiger partial charge in [-0.2, -0.15) is 0 Å². The summed E-state index contributed by atoms with van der Waals surface area (Å²) in [4.78, 5) is 8.61. The van der Waals surface area contributed by atoms with Gasteiger partial charge in [-0.25, -0.2) is 9.97 Å². The quantitative estimate of drug-likeness (QED) is 0.794. The Morgan fingerprint density at radius 2 is 1.88 bits per heavy atom. The Morgan fingerprint density at radius 1 is 1.12 bits per heavy atom. The molecule has 0 saturated heterocycles. The predicted octanol–water partition coefficient (Wildman–Crippen LogP) is 3.15. The zero-order valence-electron chi connectivity index (χ0n) is 10.2. The van der Waals surface area contributed by atoms with Crippen LogP contribution in [-0.4, -0.2) is 15.5 Å². The monoisotopic (exact) mass is 215 g/mol. The highest BCUT2D eigenvalue weighted by Crippen LogP contribution is 2.24. The molecule has 0 amide bonds. The summed E-state index contributed by atoms with van der Waals surface area (Å²) in [6.07, 6.45) is 1.61. The van der Waals surface area contributed by atoms with Crippen LogP contribution in [0.25, 0.3) is 10.9 Å². The van der Waals surface area contributed by atoms with Crippen molar-refractivity contribution in [2.45, 2.75) is 33.2 Å². The third kappa shape index (κ3) is 2.13. The summed E-state index contributed by atoms with van der Waals surface area (Å²) in [7, 11) is 0. The molecule has 2 rings (SSSR count). The maximum atomic E-state index is 4.33. The normalized spacial score (nSPS) is 11.8. The van der Waals surface area contributed by atoms with E-state index in [1.54, 1.807) is 6.33 Å². The van der Waals surface area contributed by atoms with Gasteiger partial charge in [0, 0.05) is 10.9 Å². The van der Waals surface area contributed by atoms with Crippen LogP contribution in [0.3, 0.4) is 0 Å². The molecule has 0 aliphatic carbocycles. The SMILES string of the molecule is Cc1cccc2ncnc(NC(C)(C)C)c12. The van der Waals surface area contributed by atoms with Crippen molar-refractivity contribution in [2.24, 2.45) is 0 Å². The second-order valence-corrected chi connectivity index (χ2v) is 5.07. The summed E-state index contributed by atoms with van der Waals surface area (Å²) in [5.41, 5.74) is 2.19. The number of benzene rings is 1. The second-order valence-electron chi connectivity index (χ2n) is 5.07. The molecule has 3 nitrogen and oxygen atoms in total. The van der Waals surface area contributed by atoms with E-state index in [-0.39, 0.29) is 5.54 Å². The highest BCUT2D eigenvalue weighted by atomic mass is 15.1. The topological polar surface area (TPSA) is 37.8 Å². The van der Waals surface area contributed by atoms with Crippen molar-refractivity contribution in [3.63, 3.8) is 0 Å². The van der Waals surface area contributed by atoms with Crippen LogP contribution in [-0.2, 0) is 0 Å². The molecule has 16 heavy (non-hydrogen) atoms. The van der Waals surface area contributed by atoms with E-state index in [1.807, 2.05) is 12.1 Å². The molecule has 0 atom stereocenters. The zero-order valence-corrected chi connectivity index (χ0v) is 10.2. The van der Waals surface area contributed by atoms with Crippen molar-refractivity contribution in [3.8, 4) is 0 Å². The molecule has 1 N–H and O–H groups in total. The molecule has 0 saturated carbocycles. The predicted molar refractivity (Wildman–Crippen MR) is 67.7 cm³/mol. The molecule has 0 unspecified atom stereocenters. The van der Waals surface area contributed by atoms with E-state index in [0.717, 1.165) is 16.7 Å². The lowest BCUT2D eigenvalue weighted by molar-refractivity contribution is 0.631. The Bertz CT molecular complexity index is 507. The van der Waals surface area contributed by atoms with Crippen LogP contribution < -0.4 is 5.32 Å². The largest absolute Gasteiger partial charge is 0.365 e. The number of hydrogen-bond acceptors (Lipinski definition) is 3. The minimum atomic E-state index is 0.00354. The number of rotatable bonds is 1. The van der Waals surface area contributed by atoms with E-state index in [2.05, 4.69) is 49.0 Å². The molecule has 3 heteroatoms. The number of anilines is 1. The maximum Gasteiger partial charge on any atom is 0.137 e. The van der Waals surface area contributed by atoms with E-state index >= 15 is 0 Å². The van der Waals surface area contributed by atoms with Gasteiger partial charge in [0.2, 0.25) is 0 Å². The summed E-state index contributed by atoms with van der Waals surface area (Å²) in [6, 6.07) is 6.11. The van der Waals surface area contributed by atoms with Crippen molar-refractivity contribution in [1.29, 1.82) is 0 Å². The van der Waals surface area contributed by atoms with Gasteiger partial charge in [-0.1, -0.05) is 12.1 Å². The molecule has 0 bridgehead atoms. The molecule has 1 aromatic carbocycles. The van der Waals surface area contributed by atoms with E-state index in [9.17, 15) is 0 Å². The molecule has 0 aliphatic heterocycles. The van der Waals surface area contributed by atoms with Crippen LogP contribution in [0.4, 0.5) is 5.82 Å². The lowest BCUT2D eigenvalue weighted by Gasteiger charge is -2.22. The van der Waals surface area contributed by atoms with Crippen LogP contribution in [0.5, 0.6) is 0 Å². The molecule has 0 spiro atoms. The Morgan fingerprint density at radius 3 is 2.56 bits per heavy atom. The van der Waals surface area contributed by atoms with Crippen LogP contribution >= 0.6 is 0 Å². The number of nitrogens with zero attached hydrogens (tertiary/aromatic N) is 2. The molecule has 1 heterocycles. The van der Waals surface area contributed by atoms with Gasteiger partial charge < -0.3 is 5.32 Å². The first-order valence-electron chi connectivity index (χ1n) is 5.46. The van der Waals surface area contributed by atoms with Crippen molar-refractivity contribution in [3.05, 3.63) is 30.1 Å². The van der Waals surface area contributed by atoms with Gasteiger partial charge in [-0.05, 0) is 39.3 Å².